The van der Waals surface area contributed by atoms with Gasteiger partial charge < -0.3 is 15.4 Å². The minimum atomic E-state index is -0.605. The summed E-state index contributed by atoms with van der Waals surface area (Å²) in [5, 5.41) is 5.32. The Bertz CT molecular complexity index is 716. The van der Waals surface area contributed by atoms with Crippen LogP contribution in [-0.4, -0.2) is 19.1 Å². The molecule has 24 heavy (non-hydrogen) atoms. The van der Waals surface area contributed by atoms with Crippen LogP contribution in [0.1, 0.15) is 24.0 Å². The second-order valence-electron chi connectivity index (χ2n) is 5.27. The van der Waals surface area contributed by atoms with Gasteiger partial charge in [-0.1, -0.05) is 30.3 Å². The van der Waals surface area contributed by atoms with Crippen LogP contribution in [0.4, 0.5) is 14.9 Å². The molecule has 0 aromatic heterocycles. The summed E-state index contributed by atoms with van der Waals surface area (Å²) >= 11 is 0. The van der Waals surface area contributed by atoms with Crippen LogP contribution in [0.2, 0.25) is 0 Å². The van der Waals surface area contributed by atoms with Crippen LogP contribution in [0, 0.1) is 5.82 Å². The summed E-state index contributed by atoms with van der Waals surface area (Å²) in [5.41, 5.74) is 1.82. The van der Waals surface area contributed by atoms with E-state index < -0.39 is 17.8 Å². The normalized spacial score (nSPS) is 11.5. The number of amides is 2. The van der Waals surface area contributed by atoms with Crippen molar-refractivity contribution in [1.29, 1.82) is 0 Å². The highest BCUT2D eigenvalue weighted by atomic mass is 19.1. The summed E-state index contributed by atoms with van der Waals surface area (Å²) < 4.78 is 18.2. The van der Waals surface area contributed by atoms with Gasteiger partial charge in [0.05, 0.1) is 13.0 Å². The molecule has 0 saturated carbocycles. The number of hydrogen-bond donors (Lipinski definition) is 2. The third-order valence-electron chi connectivity index (χ3n) is 3.61. The predicted molar refractivity (Wildman–Crippen MR) is 89.1 cm³/mol. The Kier molecular flexibility index (Phi) is 5.89. The quantitative estimate of drug-likeness (QED) is 0.882. The van der Waals surface area contributed by atoms with Crippen molar-refractivity contribution >= 4 is 17.7 Å². The third kappa shape index (κ3) is 4.55. The van der Waals surface area contributed by atoms with E-state index in [2.05, 4.69) is 15.4 Å². The SMILES string of the molecule is COC(=O)NCc1ccc(NC(=O)[C@H](C)c2ccccc2F)cc1. The van der Waals surface area contributed by atoms with Gasteiger partial charge >= 0.3 is 6.09 Å². The van der Waals surface area contributed by atoms with E-state index >= 15 is 0 Å². The topological polar surface area (TPSA) is 67.4 Å². The van der Waals surface area contributed by atoms with Crippen LogP contribution in [-0.2, 0) is 16.1 Å². The molecule has 0 saturated heterocycles. The van der Waals surface area contributed by atoms with Crippen LogP contribution >= 0.6 is 0 Å². The first kappa shape index (κ1) is 17.5. The van der Waals surface area contributed by atoms with Gasteiger partial charge in [-0.25, -0.2) is 9.18 Å². The Morgan fingerprint density at radius 3 is 2.42 bits per heavy atom. The molecule has 0 unspecified atom stereocenters. The van der Waals surface area contributed by atoms with Crippen molar-refractivity contribution in [2.45, 2.75) is 19.4 Å². The fourth-order valence-electron chi connectivity index (χ4n) is 2.17. The van der Waals surface area contributed by atoms with Gasteiger partial charge in [0.2, 0.25) is 5.91 Å². The molecule has 126 valence electrons. The molecule has 0 fully saturated rings. The van der Waals surface area contributed by atoms with Crippen LogP contribution in [0.25, 0.3) is 0 Å². The number of nitrogens with one attached hydrogen (secondary N) is 2. The summed E-state index contributed by atoms with van der Waals surface area (Å²) in [5.74, 6) is -1.29. The highest BCUT2D eigenvalue weighted by molar-refractivity contribution is 5.95. The van der Waals surface area contributed by atoms with Crippen molar-refractivity contribution in [1.82, 2.24) is 5.32 Å². The maximum atomic E-state index is 13.7. The van der Waals surface area contributed by atoms with Crippen LogP contribution in [0.5, 0.6) is 0 Å². The molecule has 2 amide bonds. The maximum Gasteiger partial charge on any atom is 0.407 e. The number of ether oxygens (including phenoxy) is 1. The maximum absolute atomic E-state index is 13.7. The van der Waals surface area contributed by atoms with E-state index in [4.69, 9.17) is 0 Å². The average molecular weight is 330 g/mol. The second-order valence-corrected chi connectivity index (χ2v) is 5.27. The molecule has 2 aromatic carbocycles. The Labute approximate surface area is 139 Å². The smallest absolute Gasteiger partial charge is 0.407 e. The lowest BCUT2D eigenvalue weighted by molar-refractivity contribution is -0.117. The zero-order valence-electron chi connectivity index (χ0n) is 13.5. The molecule has 2 rings (SSSR count). The molecule has 6 heteroatoms. The van der Waals surface area contributed by atoms with Gasteiger partial charge in [-0.15, -0.1) is 0 Å². The fourth-order valence-corrected chi connectivity index (χ4v) is 2.17. The second kappa shape index (κ2) is 8.10. The van der Waals surface area contributed by atoms with Crippen molar-refractivity contribution in [2.75, 3.05) is 12.4 Å². The summed E-state index contributed by atoms with van der Waals surface area (Å²) in [7, 11) is 1.30. The van der Waals surface area contributed by atoms with Gasteiger partial charge in [-0.3, -0.25) is 4.79 Å². The molecule has 0 heterocycles. The summed E-state index contributed by atoms with van der Waals surface area (Å²) in [6, 6.07) is 13.2. The van der Waals surface area contributed by atoms with Crippen molar-refractivity contribution < 1.29 is 18.7 Å². The van der Waals surface area contributed by atoms with E-state index in [1.54, 1.807) is 49.4 Å². The first-order valence-electron chi connectivity index (χ1n) is 7.47. The van der Waals surface area contributed by atoms with Crippen molar-refractivity contribution in [3.8, 4) is 0 Å². The predicted octanol–water partition coefficient (Wildman–Crippen LogP) is 3.42. The first-order chi connectivity index (χ1) is 11.5. The average Bonchev–Trinajstić information content (AvgIpc) is 2.60. The molecule has 5 nitrogen and oxygen atoms in total. The molecule has 0 aliphatic rings. The fraction of sp³-hybridized carbons (Fsp3) is 0.222. The number of carbonyl (C=O) groups is 2. The lowest BCUT2D eigenvalue weighted by Gasteiger charge is -2.13. The largest absolute Gasteiger partial charge is 0.453 e. The molecule has 0 spiro atoms. The number of carbonyl (C=O) groups excluding carboxylic acids is 2. The number of rotatable bonds is 5. The van der Waals surface area contributed by atoms with E-state index in [1.807, 2.05) is 0 Å². The number of benzene rings is 2. The molecule has 2 aromatic rings. The van der Waals surface area contributed by atoms with Gasteiger partial charge in [0.1, 0.15) is 5.82 Å². The zero-order valence-corrected chi connectivity index (χ0v) is 13.5. The Morgan fingerprint density at radius 2 is 1.79 bits per heavy atom. The van der Waals surface area contributed by atoms with E-state index in [1.165, 1.54) is 13.2 Å². The van der Waals surface area contributed by atoms with E-state index in [0.29, 0.717) is 17.8 Å². The minimum absolute atomic E-state index is 0.291. The lowest BCUT2D eigenvalue weighted by atomic mass is 9.99. The van der Waals surface area contributed by atoms with Crippen LogP contribution in [0.3, 0.4) is 0 Å². The molecule has 0 radical (unpaired) electrons. The molecule has 0 aliphatic carbocycles. The van der Waals surface area contributed by atoms with Gasteiger partial charge in [-0.05, 0) is 36.2 Å². The Morgan fingerprint density at radius 1 is 1.12 bits per heavy atom. The van der Waals surface area contributed by atoms with Crippen molar-refractivity contribution in [3.63, 3.8) is 0 Å². The highest BCUT2D eigenvalue weighted by Gasteiger charge is 2.18. The zero-order chi connectivity index (χ0) is 17.5. The lowest BCUT2D eigenvalue weighted by Crippen LogP contribution is -2.22. The number of methoxy groups -OCH3 is 1. The first-order valence-corrected chi connectivity index (χ1v) is 7.47. The van der Waals surface area contributed by atoms with E-state index in [9.17, 15) is 14.0 Å². The molecule has 0 bridgehead atoms. The summed E-state index contributed by atoms with van der Waals surface area (Å²) in [6.45, 7) is 1.98. The standard InChI is InChI=1S/C18H19FN2O3/c1-12(15-5-3-4-6-16(15)19)17(22)21-14-9-7-13(8-10-14)11-20-18(23)24-2/h3-10,12H,11H2,1-2H3,(H,20,23)(H,21,22)/t12-/m1/s1. The number of alkyl carbamates (subject to hydrolysis) is 1. The molecule has 1 atom stereocenters. The monoisotopic (exact) mass is 330 g/mol. The summed E-state index contributed by atoms with van der Waals surface area (Å²) in [4.78, 5) is 23.3. The number of anilines is 1. The van der Waals surface area contributed by atoms with Gasteiger partial charge in [0.25, 0.3) is 0 Å². The molecular formula is C18H19FN2O3. The Hall–Kier alpha value is -2.89. The number of halogens is 1. The molecule has 0 aliphatic heterocycles. The Balaban J connectivity index is 1.97. The van der Waals surface area contributed by atoms with E-state index in [-0.39, 0.29) is 5.91 Å². The minimum Gasteiger partial charge on any atom is -0.453 e. The molecule has 2 N–H and O–H groups in total. The van der Waals surface area contributed by atoms with Crippen molar-refractivity contribution in [2.24, 2.45) is 0 Å². The number of hydrogen-bond acceptors (Lipinski definition) is 3. The van der Waals surface area contributed by atoms with E-state index in [0.717, 1.165) is 5.56 Å². The van der Waals surface area contributed by atoms with Gasteiger partial charge in [0.15, 0.2) is 0 Å². The third-order valence-corrected chi connectivity index (χ3v) is 3.61. The van der Waals surface area contributed by atoms with Crippen LogP contribution in [0.15, 0.2) is 48.5 Å². The van der Waals surface area contributed by atoms with Crippen molar-refractivity contribution in [3.05, 3.63) is 65.5 Å². The van der Waals surface area contributed by atoms with Crippen LogP contribution < -0.4 is 10.6 Å². The van der Waals surface area contributed by atoms with Gasteiger partial charge in [-0.2, -0.15) is 0 Å². The highest BCUT2D eigenvalue weighted by Crippen LogP contribution is 2.20. The molecular weight excluding hydrogens is 311 g/mol. The van der Waals surface area contributed by atoms with Gasteiger partial charge in [0, 0.05) is 12.2 Å². The summed E-state index contributed by atoms with van der Waals surface area (Å²) in [6.07, 6.45) is -0.508.